The van der Waals surface area contributed by atoms with Crippen molar-refractivity contribution in [2.75, 3.05) is 18.0 Å². The van der Waals surface area contributed by atoms with E-state index in [1.165, 1.54) is 24.3 Å². The van der Waals surface area contributed by atoms with Crippen molar-refractivity contribution in [1.29, 1.82) is 0 Å². The van der Waals surface area contributed by atoms with Crippen LogP contribution in [0.4, 0.5) is 14.6 Å². The number of piperazine rings is 1. The van der Waals surface area contributed by atoms with Gasteiger partial charge in [0.05, 0.1) is 10.9 Å². The van der Waals surface area contributed by atoms with Crippen LogP contribution in [0.5, 0.6) is 5.75 Å². The summed E-state index contributed by atoms with van der Waals surface area (Å²) in [7, 11) is 0. The molecule has 0 saturated carbocycles. The van der Waals surface area contributed by atoms with Crippen LogP contribution < -0.4 is 10.2 Å². The Hall–Kier alpha value is -3.83. The van der Waals surface area contributed by atoms with Crippen molar-refractivity contribution >= 4 is 27.5 Å². The lowest BCUT2D eigenvalue weighted by Crippen LogP contribution is -2.51. The number of aromatic nitrogens is 3. The van der Waals surface area contributed by atoms with Crippen LogP contribution in [0.3, 0.4) is 0 Å². The topological polar surface area (TPSA) is 74.2 Å². The van der Waals surface area contributed by atoms with Gasteiger partial charge in [-0.25, -0.2) is 18.7 Å². The van der Waals surface area contributed by atoms with Crippen LogP contribution in [0, 0.1) is 24.0 Å². The van der Waals surface area contributed by atoms with Gasteiger partial charge in [0.1, 0.15) is 34.4 Å². The number of nitrogens with zero attached hydrogens (tertiary/aromatic N) is 4. The Morgan fingerprint density at radius 1 is 1.11 bits per heavy atom. The number of anilines is 1. The van der Waals surface area contributed by atoms with Crippen molar-refractivity contribution in [3.05, 3.63) is 53.5 Å². The van der Waals surface area contributed by atoms with Crippen molar-refractivity contribution in [3.8, 4) is 29.4 Å². The van der Waals surface area contributed by atoms with Crippen LogP contribution >= 0.6 is 0 Å². The maximum Gasteiger partial charge on any atom is 0.175 e. The first-order chi connectivity index (χ1) is 17.6. The summed E-state index contributed by atoms with van der Waals surface area (Å²) < 4.78 is 31.1. The first kappa shape index (κ1) is 23.6. The highest BCUT2D eigenvalue weighted by molar-refractivity contribution is 6.03. The molecular weight excluding hydrogens is 472 g/mol. The summed E-state index contributed by atoms with van der Waals surface area (Å²) in [5.41, 5.74) is -0.145. The van der Waals surface area contributed by atoms with Crippen LogP contribution in [0.15, 0.2) is 30.5 Å². The Bertz CT molecular complexity index is 1610. The fourth-order valence-electron chi connectivity index (χ4n) is 5.53. The molecule has 4 heterocycles. The smallest absolute Gasteiger partial charge is 0.175 e. The monoisotopic (exact) mass is 499 g/mol. The third kappa shape index (κ3) is 3.85. The third-order valence-electron chi connectivity index (χ3n) is 7.30. The maximum atomic E-state index is 16.4. The zero-order valence-electron chi connectivity index (χ0n) is 20.9. The molecule has 188 valence electrons. The van der Waals surface area contributed by atoms with Gasteiger partial charge >= 0.3 is 0 Å². The molecule has 2 atom stereocenters. The van der Waals surface area contributed by atoms with E-state index < -0.39 is 17.0 Å². The van der Waals surface area contributed by atoms with Gasteiger partial charge in [0.2, 0.25) is 0 Å². The molecule has 2 unspecified atom stereocenters. The third-order valence-corrected chi connectivity index (χ3v) is 7.30. The van der Waals surface area contributed by atoms with E-state index in [2.05, 4.69) is 26.1 Å². The number of pyridine rings is 1. The Kier molecular flexibility index (Phi) is 5.32. The van der Waals surface area contributed by atoms with Gasteiger partial charge in [-0.15, -0.1) is 6.42 Å². The van der Waals surface area contributed by atoms with E-state index in [1.807, 2.05) is 20.8 Å². The average Bonchev–Trinajstić information content (AvgIpc) is 3.20. The summed E-state index contributed by atoms with van der Waals surface area (Å²) in [6, 6.07) is 6.31. The number of aromatic hydroxyl groups is 1. The predicted molar refractivity (Wildman–Crippen MR) is 141 cm³/mol. The molecule has 0 radical (unpaired) electrons. The van der Waals surface area contributed by atoms with Crippen LogP contribution in [0.25, 0.3) is 32.9 Å². The zero-order chi connectivity index (χ0) is 26.1. The summed E-state index contributed by atoms with van der Waals surface area (Å²) in [6.45, 7) is 7.52. The lowest BCUT2D eigenvalue weighted by molar-refractivity contribution is 0.462. The molecule has 2 aromatic heterocycles. The molecular formula is C29H27F2N5O. The highest BCUT2D eigenvalue weighted by Gasteiger charge is 2.35. The fourth-order valence-corrected chi connectivity index (χ4v) is 5.53. The minimum absolute atomic E-state index is 0.0103. The van der Waals surface area contributed by atoms with Gasteiger partial charge in [-0.2, -0.15) is 0 Å². The number of nitrogens with one attached hydrogen (secondary N) is 1. The second kappa shape index (κ2) is 8.35. The van der Waals surface area contributed by atoms with E-state index in [4.69, 9.17) is 11.4 Å². The van der Waals surface area contributed by atoms with Crippen LogP contribution in [0.1, 0.15) is 45.0 Å². The number of phenolic OH excluding ortho intramolecular Hbond substituents is 1. The van der Waals surface area contributed by atoms with Crippen LogP contribution in [-0.2, 0) is 5.41 Å². The molecule has 2 aromatic carbocycles. The Balaban J connectivity index is 1.62. The van der Waals surface area contributed by atoms with E-state index in [-0.39, 0.29) is 28.1 Å². The standard InChI is InChI=1S/C29H27F2N5O/c1-5-19-22(30)9-6-15-10-18(37)11-20(23(15)19)25-24(31)26-21(12-32-25)27(35-28(34-26)29(2,3)4)36-13-16-7-8-17(14-36)33-16/h1,6,9-12,16-17,33,37H,7-8,13-14H2,2-4H3. The first-order valence-corrected chi connectivity index (χ1v) is 12.4. The molecule has 2 aliphatic heterocycles. The van der Waals surface area contributed by atoms with E-state index in [9.17, 15) is 9.50 Å². The van der Waals surface area contributed by atoms with Gasteiger partial charge in [-0.3, -0.25) is 4.98 Å². The Morgan fingerprint density at radius 2 is 1.84 bits per heavy atom. The number of halogens is 2. The number of hydrogen-bond acceptors (Lipinski definition) is 6. The van der Waals surface area contributed by atoms with Crippen molar-refractivity contribution in [2.24, 2.45) is 0 Å². The average molecular weight is 500 g/mol. The Morgan fingerprint density at radius 3 is 2.51 bits per heavy atom. The fraction of sp³-hybridized carbons (Fsp3) is 0.345. The quantitative estimate of drug-likeness (QED) is 0.376. The van der Waals surface area contributed by atoms with Gasteiger partial charge < -0.3 is 15.3 Å². The molecule has 8 heteroatoms. The molecule has 37 heavy (non-hydrogen) atoms. The maximum absolute atomic E-state index is 16.4. The number of rotatable bonds is 2. The SMILES string of the molecule is C#Cc1c(F)ccc2cc(O)cc(-c3ncc4c(N5CC6CCC(C5)N6)nc(C(C)(C)C)nc4c3F)c12. The minimum atomic E-state index is -0.663. The molecule has 2 fully saturated rings. The van der Waals surface area contributed by atoms with E-state index in [1.54, 1.807) is 6.20 Å². The normalized spacial score (nSPS) is 19.5. The number of benzene rings is 2. The lowest BCUT2D eigenvalue weighted by Gasteiger charge is -2.35. The lowest BCUT2D eigenvalue weighted by atomic mass is 9.94. The molecule has 2 N–H and O–H groups in total. The molecule has 0 aliphatic carbocycles. The first-order valence-electron chi connectivity index (χ1n) is 12.4. The van der Waals surface area contributed by atoms with Crippen molar-refractivity contribution in [3.63, 3.8) is 0 Å². The van der Waals surface area contributed by atoms with Gasteiger partial charge in [-0.1, -0.05) is 32.8 Å². The van der Waals surface area contributed by atoms with Gasteiger partial charge in [0, 0.05) is 47.7 Å². The molecule has 2 bridgehead atoms. The van der Waals surface area contributed by atoms with E-state index >= 15 is 4.39 Å². The summed E-state index contributed by atoms with van der Waals surface area (Å²) in [4.78, 5) is 16.2. The number of hydrogen-bond donors (Lipinski definition) is 2. The minimum Gasteiger partial charge on any atom is -0.508 e. The molecule has 6 nitrogen and oxygen atoms in total. The number of phenols is 1. The Labute approximate surface area is 213 Å². The van der Waals surface area contributed by atoms with Crippen molar-refractivity contribution in [1.82, 2.24) is 20.3 Å². The van der Waals surface area contributed by atoms with Gasteiger partial charge in [0.15, 0.2) is 5.82 Å². The summed E-state index contributed by atoms with van der Waals surface area (Å²) >= 11 is 0. The van der Waals surface area contributed by atoms with Crippen LogP contribution in [0.2, 0.25) is 0 Å². The molecule has 6 rings (SSSR count). The number of fused-ring (bicyclic) bond motifs is 4. The highest BCUT2D eigenvalue weighted by Crippen LogP contribution is 2.39. The van der Waals surface area contributed by atoms with Crippen molar-refractivity contribution in [2.45, 2.75) is 51.1 Å². The largest absolute Gasteiger partial charge is 0.508 e. The molecule has 2 aliphatic rings. The van der Waals surface area contributed by atoms with E-state index in [0.717, 1.165) is 25.9 Å². The van der Waals surface area contributed by atoms with Crippen molar-refractivity contribution < 1.29 is 13.9 Å². The van der Waals surface area contributed by atoms with Gasteiger partial charge in [-0.05, 0) is 36.4 Å². The highest BCUT2D eigenvalue weighted by atomic mass is 19.1. The van der Waals surface area contributed by atoms with Gasteiger partial charge in [0.25, 0.3) is 0 Å². The zero-order valence-corrected chi connectivity index (χ0v) is 20.9. The molecule has 2 saturated heterocycles. The summed E-state index contributed by atoms with van der Waals surface area (Å²) in [5, 5.41) is 15.3. The summed E-state index contributed by atoms with van der Waals surface area (Å²) in [5.74, 6) is 2.20. The molecule has 0 amide bonds. The second-order valence-corrected chi connectivity index (χ2v) is 11.0. The van der Waals surface area contributed by atoms with Crippen LogP contribution in [-0.4, -0.2) is 45.2 Å². The molecule has 0 spiro atoms. The van der Waals surface area contributed by atoms with E-state index in [0.29, 0.717) is 39.9 Å². The second-order valence-electron chi connectivity index (χ2n) is 11.0. The summed E-state index contributed by atoms with van der Waals surface area (Å²) in [6.07, 6.45) is 9.41. The molecule has 4 aromatic rings. The predicted octanol–water partition coefficient (Wildman–Crippen LogP) is 5.05. The number of terminal acetylenes is 1.